The van der Waals surface area contributed by atoms with Crippen LogP contribution >= 0.6 is 21.6 Å². The average molecular weight is 173 g/mol. The van der Waals surface area contributed by atoms with E-state index in [1.54, 1.807) is 21.6 Å². The zero-order valence-electron chi connectivity index (χ0n) is 5.53. The second kappa shape index (κ2) is 3.83. The van der Waals surface area contributed by atoms with Gasteiger partial charge in [-0.2, -0.15) is 4.91 Å². The Labute approximate surface area is 67.5 Å². The van der Waals surface area contributed by atoms with Crippen molar-refractivity contribution in [3.8, 4) is 0 Å². The fourth-order valence-corrected chi connectivity index (χ4v) is 2.33. The first kappa shape index (κ1) is 7.88. The topological polar surface area (TPSA) is 29.4 Å². The number of rotatable bonds is 2. The van der Waals surface area contributed by atoms with Crippen molar-refractivity contribution >= 4 is 21.6 Å². The van der Waals surface area contributed by atoms with Gasteiger partial charge in [0.1, 0.15) is 6.54 Å². The lowest BCUT2D eigenvalue weighted by atomic mass is 10.4. The molecule has 4 heteroatoms. The van der Waals surface area contributed by atoms with Crippen molar-refractivity contribution < 1.29 is 0 Å². The second-order valence-corrected chi connectivity index (χ2v) is 4.37. The van der Waals surface area contributed by atoms with Gasteiger partial charge in [0.25, 0.3) is 0 Å². The summed E-state index contributed by atoms with van der Waals surface area (Å²) in [7, 11) is 3.29. The third-order valence-corrected chi connectivity index (χ3v) is 3.65. The van der Waals surface area contributed by atoms with Crippen LogP contribution in [0.25, 0.3) is 0 Å². The van der Waals surface area contributed by atoms with E-state index < -0.39 is 0 Å². The molecule has 0 radical (unpaired) electrons. The molecule has 0 unspecified atom stereocenters. The van der Waals surface area contributed by atoms with Crippen LogP contribution in [0.5, 0.6) is 0 Å². The molecular formula is C6H7NOS2. The van der Waals surface area contributed by atoms with Crippen LogP contribution in [0, 0.1) is 4.91 Å². The monoisotopic (exact) mass is 173 g/mol. The summed E-state index contributed by atoms with van der Waals surface area (Å²) >= 11 is 0. The molecule has 0 aromatic carbocycles. The van der Waals surface area contributed by atoms with Gasteiger partial charge in [-0.1, -0.05) is 32.8 Å². The van der Waals surface area contributed by atoms with Gasteiger partial charge in [0.05, 0.1) is 0 Å². The van der Waals surface area contributed by atoms with E-state index in [4.69, 9.17) is 0 Å². The van der Waals surface area contributed by atoms with Gasteiger partial charge < -0.3 is 0 Å². The summed E-state index contributed by atoms with van der Waals surface area (Å²) in [6.45, 7) is 2.35. The maximum atomic E-state index is 9.82. The summed E-state index contributed by atoms with van der Waals surface area (Å²) in [6, 6.07) is 0. The highest BCUT2D eigenvalue weighted by Gasteiger charge is 2.03. The van der Waals surface area contributed by atoms with Crippen LogP contribution in [0.3, 0.4) is 0 Å². The molecule has 54 valence electrons. The normalized spacial score (nSPS) is 17.7. The van der Waals surface area contributed by atoms with Crippen LogP contribution in [0.15, 0.2) is 27.1 Å². The lowest BCUT2D eigenvalue weighted by molar-refractivity contribution is 1.21. The minimum Gasteiger partial charge on any atom is -0.150 e. The molecule has 0 N–H and O–H groups in total. The number of nitrogens with zero attached hydrogens (tertiary/aromatic N) is 1. The second-order valence-electron chi connectivity index (χ2n) is 1.86. The van der Waals surface area contributed by atoms with Crippen molar-refractivity contribution in [1.82, 2.24) is 0 Å². The zero-order valence-corrected chi connectivity index (χ0v) is 7.17. The fourth-order valence-electron chi connectivity index (χ4n) is 0.528. The van der Waals surface area contributed by atoms with E-state index in [2.05, 4.69) is 5.18 Å². The first-order valence-electron chi connectivity index (χ1n) is 2.84. The van der Waals surface area contributed by atoms with Gasteiger partial charge in [0.15, 0.2) is 0 Å². The van der Waals surface area contributed by atoms with E-state index >= 15 is 0 Å². The molecule has 0 amide bonds. The Kier molecular flexibility index (Phi) is 3.02. The van der Waals surface area contributed by atoms with Gasteiger partial charge in [-0.05, 0) is 17.9 Å². The third kappa shape index (κ3) is 2.19. The van der Waals surface area contributed by atoms with E-state index in [9.17, 15) is 4.91 Å². The molecule has 0 saturated carbocycles. The molecule has 0 fully saturated rings. The minimum absolute atomic E-state index is 0.307. The molecule has 1 aliphatic heterocycles. The van der Waals surface area contributed by atoms with Crippen LogP contribution in [-0.4, -0.2) is 6.54 Å². The Balaban J connectivity index is 2.55. The Hall–Kier alpha value is -0.220. The molecular weight excluding hydrogens is 166 g/mol. The van der Waals surface area contributed by atoms with Gasteiger partial charge in [0.2, 0.25) is 0 Å². The predicted octanol–water partition coefficient (Wildman–Crippen LogP) is 2.94. The summed E-state index contributed by atoms with van der Waals surface area (Å²) < 4.78 is 0. The molecule has 0 aromatic heterocycles. The highest BCUT2D eigenvalue weighted by molar-refractivity contribution is 8.79. The molecule has 0 spiro atoms. The van der Waals surface area contributed by atoms with E-state index in [-0.39, 0.29) is 0 Å². The lowest BCUT2D eigenvalue weighted by Gasteiger charge is -2.05. The van der Waals surface area contributed by atoms with Crippen molar-refractivity contribution in [3.63, 3.8) is 0 Å². The summed E-state index contributed by atoms with van der Waals surface area (Å²) in [5.41, 5.74) is 0. The van der Waals surface area contributed by atoms with Crippen LogP contribution in [0.1, 0.15) is 6.92 Å². The van der Waals surface area contributed by atoms with Crippen molar-refractivity contribution in [2.75, 3.05) is 6.54 Å². The minimum atomic E-state index is 0.307. The first-order chi connectivity index (χ1) is 4.83. The van der Waals surface area contributed by atoms with Gasteiger partial charge >= 0.3 is 0 Å². The molecule has 0 atom stereocenters. The molecule has 1 aliphatic rings. The van der Waals surface area contributed by atoms with Crippen molar-refractivity contribution in [1.29, 1.82) is 0 Å². The van der Waals surface area contributed by atoms with E-state index in [0.717, 1.165) is 4.91 Å². The average Bonchev–Trinajstić information content (AvgIpc) is 1.95. The van der Waals surface area contributed by atoms with Crippen LogP contribution in [0.2, 0.25) is 0 Å². The fraction of sp³-hybridized carbons (Fsp3) is 0.333. The Morgan fingerprint density at radius 1 is 1.50 bits per heavy atom. The van der Waals surface area contributed by atoms with Gasteiger partial charge in [-0.15, -0.1) is 0 Å². The Bertz CT molecular complexity index is 198. The van der Waals surface area contributed by atoms with Crippen LogP contribution in [-0.2, 0) is 0 Å². The number of nitroso groups, excluding NO2 is 1. The highest BCUT2D eigenvalue weighted by atomic mass is 33.1. The molecule has 2 nitrogen and oxygen atoms in total. The van der Waals surface area contributed by atoms with Crippen molar-refractivity contribution in [2.45, 2.75) is 6.92 Å². The molecule has 0 aromatic rings. The SMILES string of the molecule is CC1=CC=C(CN=O)SS1. The summed E-state index contributed by atoms with van der Waals surface area (Å²) in [4.78, 5) is 12.1. The summed E-state index contributed by atoms with van der Waals surface area (Å²) in [6.07, 6.45) is 3.94. The van der Waals surface area contributed by atoms with E-state index in [1.165, 1.54) is 4.91 Å². The molecule has 0 bridgehead atoms. The third-order valence-electron chi connectivity index (χ3n) is 1.00. The van der Waals surface area contributed by atoms with Gasteiger partial charge in [0, 0.05) is 4.91 Å². The smallest absolute Gasteiger partial charge is 0.113 e. The number of hydrogen-bond donors (Lipinski definition) is 0. The molecule has 1 rings (SSSR count). The summed E-state index contributed by atoms with van der Waals surface area (Å²) in [5.74, 6) is 0. The predicted molar refractivity (Wildman–Crippen MR) is 47.7 cm³/mol. The van der Waals surface area contributed by atoms with E-state index in [1.807, 2.05) is 19.1 Å². The molecule has 10 heavy (non-hydrogen) atoms. The zero-order chi connectivity index (χ0) is 7.40. The Morgan fingerprint density at radius 3 is 2.80 bits per heavy atom. The van der Waals surface area contributed by atoms with Crippen molar-refractivity contribution in [3.05, 3.63) is 26.9 Å². The number of allylic oxidation sites excluding steroid dienone is 3. The van der Waals surface area contributed by atoms with Crippen LogP contribution < -0.4 is 0 Å². The molecule has 0 saturated heterocycles. The summed E-state index contributed by atoms with van der Waals surface area (Å²) in [5, 5.41) is 2.80. The maximum Gasteiger partial charge on any atom is 0.113 e. The van der Waals surface area contributed by atoms with Crippen LogP contribution in [0.4, 0.5) is 0 Å². The Morgan fingerprint density at radius 2 is 2.30 bits per heavy atom. The molecule has 1 heterocycles. The first-order valence-corrected chi connectivity index (χ1v) is 4.99. The number of hydrogen-bond acceptors (Lipinski definition) is 4. The maximum absolute atomic E-state index is 9.82. The quantitative estimate of drug-likeness (QED) is 0.475. The standard InChI is InChI=1S/C6H7NOS2/c1-5-2-3-6(4-7-8)10-9-5/h2-3H,4H2,1H3. The highest BCUT2D eigenvalue weighted by Crippen LogP contribution is 2.39. The van der Waals surface area contributed by atoms with Gasteiger partial charge in [-0.25, -0.2) is 0 Å². The van der Waals surface area contributed by atoms with Gasteiger partial charge in [-0.3, -0.25) is 0 Å². The van der Waals surface area contributed by atoms with Crippen molar-refractivity contribution in [2.24, 2.45) is 5.18 Å². The van der Waals surface area contributed by atoms with E-state index in [0.29, 0.717) is 6.54 Å². The lowest BCUT2D eigenvalue weighted by Crippen LogP contribution is -1.83. The molecule has 0 aliphatic carbocycles. The largest absolute Gasteiger partial charge is 0.150 e.